The molecule has 2 aliphatic rings. The summed E-state index contributed by atoms with van der Waals surface area (Å²) in [5, 5.41) is 1.04. The first-order valence-corrected chi connectivity index (χ1v) is 10.3. The Morgan fingerprint density at radius 2 is 1.97 bits per heavy atom. The van der Waals surface area contributed by atoms with Gasteiger partial charge in [-0.2, -0.15) is 0 Å². The highest BCUT2D eigenvalue weighted by molar-refractivity contribution is 6.35. The van der Waals surface area contributed by atoms with Crippen LogP contribution in [0.2, 0.25) is 10.0 Å². The van der Waals surface area contributed by atoms with Gasteiger partial charge < -0.3 is 9.64 Å². The zero-order valence-electron chi connectivity index (χ0n) is 16.0. The van der Waals surface area contributed by atoms with E-state index in [4.69, 9.17) is 27.9 Å². The molecule has 6 nitrogen and oxygen atoms in total. The van der Waals surface area contributed by atoms with Crippen LogP contribution >= 0.6 is 23.2 Å². The summed E-state index contributed by atoms with van der Waals surface area (Å²) >= 11 is 12.2. The number of anilines is 1. The second-order valence-electron chi connectivity index (χ2n) is 7.56. The van der Waals surface area contributed by atoms with E-state index in [-0.39, 0.29) is 25.0 Å². The third-order valence-electron chi connectivity index (χ3n) is 5.24. The highest BCUT2D eigenvalue weighted by atomic mass is 35.5. The molecule has 1 aromatic carbocycles. The van der Waals surface area contributed by atoms with E-state index < -0.39 is 0 Å². The Bertz CT molecular complexity index is 946. The summed E-state index contributed by atoms with van der Waals surface area (Å²) in [6.07, 6.45) is 3.74. The topological polar surface area (TPSA) is 62.7 Å². The SMILES string of the molecule is CC1CCCN(C(=O)CN2C(=O)COc3cc(-c4cc(Cl)cc(Cl)c4)cnc32)C1. The summed E-state index contributed by atoms with van der Waals surface area (Å²) < 4.78 is 5.59. The van der Waals surface area contributed by atoms with Crippen molar-refractivity contribution in [3.05, 3.63) is 40.5 Å². The van der Waals surface area contributed by atoms with E-state index in [0.717, 1.165) is 37.1 Å². The predicted molar refractivity (Wildman–Crippen MR) is 113 cm³/mol. The molecule has 29 heavy (non-hydrogen) atoms. The van der Waals surface area contributed by atoms with Crippen molar-refractivity contribution in [3.63, 3.8) is 0 Å². The van der Waals surface area contributed by atoms with E-state index in [1.54, 1.807) is 30.5 Å². The van der Waals surface area contributed by atoms with Gasteiger partial charge in [0.2, 0.25) is 5.91 Å². The Morgan fingerprint density at radius 3 is 2.69 bits per heavy atom. The largest absolute Gasteiger partial charge is 0.480 e. The molecule has 4 rings (SSSR count). The molecular formula is C21H21Cl2N3O3. The van der Waals surface area contributed by atoms with Gasteiger partial charge in [0, 0.05) is 34.9 Å². The molecule has 3 heterocycles. The van der Waals surface area contributed by atoms with Crippen LogP contribution in [0.5, 0.6) is 5.75 Å². The minimum Gasteiger partial charge on any atom is -0.480 e. The first-order valence-electron chi connectivity index (χ1n) is 9.58. The van der Waals surface area contributed by atoms with Crippen LogP contribution in [-0.2, 0) is 9.59 Å². The Balaban J connectivity index is 1.59. The highest BCUT2D eigenvalue weighted by Crippen LogP contribution is 2.35. The number of likely N-dealkylation sites (tertiary alicyclic amines) is 1. The average Bonchev–Trinajstić information content (AvgIpc) is 2.69. The zero-order valence-corrected chi connectivity index (χ0v) is 17.5. The molecule has 0 saturated carbocycles. The number of pyridine rings is 1. The Hall–Kier alpha value is -2.31. The van der Waals surface area contributed by atoms with Gasteiger partial charge in [-0.25, -0.2) is 4.98 Å². The number of rotatable bonds is 3. The van der Waals surface area contributed by atoms with Crippen molar-refractivity contribution in [1.82, 2.24) is 9.88 Å². The number of carbonyl (C=O) groups is 2. The Kier molecular flexibility index (Phi) is 5.65. The van der Waals surface area contributed by atoms with Gasteiger partial charge in [0.25, 0.3) is 5.91 Å². The number of benzene rings is 1. The molecule has 2 aromatic rings. The van der Waals surface area contributed by atoms with Gasteiger partial charge in [0.05, 0.1) is 0 Å². The van der Waals surface area contributed by atoms with Crippen LogP contribution in [0.15, 0.2) is 30.5 Å². The third-order valence-corrected chi connectivity index (χ3v) is 5.68. The summed E-state index contributed by atoms with van der Waals surface area (Å²) in [7, 11) is 0. The van der Waals surface area contributed by atoms with Crippen LogP contribution in [0, 0.1) is 5.92 Å². The van der Waals surface area contributed by atoms with E-state index in [2.05, 4.69) is 11.9 Å². The molecule has 1 saturated heterocycles. The minimum atomic E-state index is -0.276. The number of hydrogen-bond donors (Lipinski definition) is 0. The lowest BCUT2D eigenvalue weighted by atomic mass is 10.0. The predicted octanol–water partition coefficient (Wildman–Crippen LogP) is 4.04. The highest BCUT2D eigenvalue weighted by Gasteiger charge is 2.31. The van der Waals surface area contributed by atoms with Crippen LogP contribution in [0.25, 0.3) is 11.1 Å². The van der Waals surface area contributed by atoms with Gasteiger partial charge in [-0.1, -0.05) is 30.1 Å². The Labute approximate surface area is 179 Å². The van der Waals surface area contributed by atoms with Crippen molar-refractivity contribution in [2.75, 3.05) is 31.1 Å². The monoisotopic (exact) mass is 433 g/mol. The molecule has 0 N–H and O–H groups in total. The number of carbonyl (C=O) groups excluding carboxylic acids is 2. The molecule has 0 spiro atoms. The fourth-order valence-electron chi connectivity index (χ4n) is 3.77. The van der Waals surface area contributed by atoms with E-state index >= 15 is 0 Å². The third kappa shape index (κ3) is 4.33. The second-order valence-corrected chi connectivity index (χ2v) is 8.43. The second kappa shape index (κ2) is 8.20. The van der Waals surface area contributed by atoms with E-state index in [1.807, 2.05) is 4.90 Å². The van der Waals surface area contributed by atoms with Gasteiger partial charge in [-0.3, -0.25) is 14.5 Å². The number of piperidine rings is 1. The molecule has 1 atom stereocenters. The smallest absolute Gasteiger partial charge is 0.266 e. The van der Waals surface area contributed by atoms with Crippen LogP contribution in [-0.4, -0.2) is 47.9 Å². The molecule has 1 unspecified atom stereocenters. The maximum atomic E-state index is 12.8. The Morgan fingerprint density at radius 1 is 1.21 bits per heavy atom. The molecule has 8 heteroatoms. The quantitative estimate of drug-likeness (QED) is 0.732. The van der Waals surface area contributed by atoms with Crippen molar-refractivity contribution in [2.45, 2.75) is 19.8 Å². The summed E-state index contributed by atoms with van der Waals surface area (Å²) in [5.41, 5.74) is 1.56. The van der Waals surface area contributed by atoms with Crippen LogP contribution in [0.1, 0.15) is 19.8 Å². The van der Waals surface area contributed by atoms with Gasteiger partial charge in [-0.05, 0) is 48.6 Å². The van der Waals surface area contributed by atoms with Gasteiger partial charge in [-0.15, -0.1) is 0 Å². The van der Waals surface area contributed by atoms with Crippen molar-refractivity contribution < 1.29 is 14.3 Å². The first-order chi connectivity index (χ1) is 13.9. The molecular weight excluding hydrogens is 413 g/mol. The van der Waals surface area contributed by atoms with Crippen LogP contribution in [0.3, 0.4) is 0 Å². The summed E-state index contributed by atoms with van der Waals surface area (Å²) in [5.74, 6) is 0.951. The van der Waals surface area contributed by atoms with Crippen LogP contribution in [0.4, 0.5) is 5.82 Å². The standard InChI is InChI=1S/C21H21Cl2N3O3/c1-13-3-2-4-25(10-13)19(27)11-26-20(28)12-29-18-7-15(9-24-21(18)26)14-5-16(22)8-17(23)6-14/h5-9,13H,2-4,10-12H2,1H3. The number of amides is 2. The van der Waals surface area contributed by atoms with Crippen molar-refractivity contribution >= 4 is 40.8 Å². The van der Waals surface area contributed by atoms with E-state index in [1.165, 1.54) is 4.90 Å². The van der Waals surface area contributed by atoms with Crippen molar-refractivity contribution in [1.29, 1.82) is 0 Å². The van der Waals surface area contributed by atoms with Crippen molar-refractivity contribution in [3.8, 4) is 16.9 Å². The average molecular weight is 434 g/mol. The molecule has 0 bridgehead atoms. The summed E-state index contributed by atoms with van der Waals surface area (Å²) in [6, 6.07) is 7.01. The molecule has 152 valence electrons. The molecule has 2 aliphatic heterocycles. The van der Waals surface area contributed by atoms with Gasteiger partial charge >= 0.3 is 0 Å². The van der Waals surface area contributed by atoms with Gasteiger partial charge in [0.15, 0.2) is 18.2 Å². The molecule has 1 aromatic heterocycles. The number of ether oxygens (including phenoxy) is 1. The zero-order chi connectivity index (χ0) is 20.5. The minimum absolute atomic E-state index is 0.0305. The maximum Gasteiger partial charge on any atom is 0.266 e. The van der Waals surface area contributed by atoms with E-state index in [9.17, 15) is 9.59 Å². The van der Waals surface area contributed by atoms with Crippen LogP contribution < -0.4 is 9.64 Å². The molecule has 0 radical (unpaired) electrons. The number of aromatic nitrogens is 1. The molecule has 0 aliphatic carbocycles. The van der Waals surface area contributed by atoms with E-state index in [0.29, 0.717) is 27.5 Å². The maximum absolute atomic E-state index is 12.8. The molecule has 2 amide bonds. The lowest BCUT2D eigenvalue weighted by Gasteiger charge is -2.34. The molecule has 1 fully saturated rings. The number of fused-ring (bicyclic) bond motifs is 1. The first kappa shape index (κ1) is 20.0. The number of halogens is 2. The fraction of sp³-hybridized carbons (Fsp3) is 0.381. The normalized spacial score (nSPS) is 19.0. The summed E-state index contributed by atoms with van der Waals surface area (Å²) in [4.78, 5) is 32.9. The van der Waals surface area contributed by atoms with Gasteiger partial charge in [0.1, 0.15) is 6.54 Å². The number of hydrogen-bond acceptors (Lipinski definition) is 4. The van der Waals surface area contributed by atoms with Crippen molar-refractivity contribution in [2.24, 2.45) is 5.92 Å². The lowest BCUT2D eigenvalue weighted by molar-refractivity contribution is -0.133. The number of nitrogens with zero attached hydrogens (tertiary/aromatic N) is 3. The lowest BCUT2D eigenvalue weighted by Crippen LogP contribution is -2.48. The fourth-order valence-corrected chi connectivity index (χ4v) is 4.30. The summed E-state index contributed by atoms with van der Waals surface area (Å²) in [6.45, 7) is 3.44.